The number of carbonyl (C=O) groups excluding carboxylic acids is 1. The van der Waals surface area contributed by atoms with Gasteiger partial charge in [0.25, 0.3) is 0 Å². The van der Waals surface area contributed by atoms with Crippen LogP contribution in [0.5, 0.6) is 0 Å². The van der Waals surface area contributed by atoms with Crippen molar-refractivity contribution in [3.05, 3.63) is 53.7 Å². The molecule has 3 aromatic rings. The fourth-order valence-corrected chi connectivity index (χ4v) is 3.87. The molecule has 2 aromatic heterocycles. The number of nitrogens with zero attached hydrogens (tertiary/aromatic N) is 3. The van der Waals surface area contributed by atoms with Gasteiger partial charge in [0.1, 0.15) is 23.6 Å². The van der Waals surface area contributed by atoms with Crippen molar-refractivity contribution in [2.45, 2.75) is 31.7 Å². The number of fused-ring (bicyclic) bond motifs is 1. The minimum Gasteiger partial charge on any atom is -0.354 e. The number of amides is 1. The molecule has 1 aliphatic rings. The van der Waals surface area contributed by atoms with Crippen LogP contribution < -0.4 is 16.0 Å². The molecule has 29 heavy (non-hydrogen) atoms. The summed E-state index contributed by atoms with van der Waals surface area (Å²) in [7, 11) is 0. The van der Waals surface area contributed by atoms with Gasteiger partial charge in [0.05, 0.1) is 17.3 Å². The molecule has 4 rings (SSSR count). The summed E-state index contributed by atoms with van der Waals surface area (Å²) in [6.07, 6.45) is 5.39. The molecule has 3 heterocycles. The number of hydrogen-bond acceptors (Lipinski definition) is 5. The maximum absolute atomic E-state index is 13.0. The molecule has 1 aromatic carbocycles. The van der Waals surface area contributed by atoms with Crippen LogP contribution in [0.3, 0.4) is 0 Å². The molecule has 0 radical (unpaired) electrons. The molecular weight excluding hydrogens is 371 g/mol. The molecule has 4 N–H and O–H groups in total. The normalized spacial score (nSPS) is 19.1. The second kappa shape index (κ2) is 7.79. The van der Waals surface area contributed by atoms with E-state index in [2.05, 4.69) is 32.1 Å². The number of hydrogen-bond donors (Lipinski definition) is 3. The lowest BCUT2D eigenvalue weighted by molar-refractivity contribution is -0.120. The Kier molecular flexibility index (Phi) is 5.19. The monoisotopic (exact) mass is 396 g/mol. The molecule has 1 saturated heterocycles. The average molecular weight is 396 g/mol. The maximum atomic E-state index is 13.0. The molecular formula is C21H25FN6O. The average Bonchev–Trinajstić information content (AvgIpc) is 3.32. The number of rotatable bonds is 6. The topological polar surface area (TPSA) is 99.9 Å². The Hall–Kier alpha value is -3.00. The highest BCUT2D eigenvalue weighted by Crippen LogP contribution is 2.31. The first-order chi connectivity index (χ1) is 14.0. The van der Waals surface area contributed by atoms with Crippen LogP contribution in [0.25, 0.3) is 11.0 Å². The van der Waals surface area contributed by atoms with Gasteiger partial charge in [-0.1, -0.05) is 19.1 Å². The highest BCUT2D eigenvalue weighted by Gasteiger charge is 2.36. The van der Waals surface area contributed by atoms with E-state index >= 15 is 0 Å². The fourth-order valence-electron chi connectivity index (χ4n) is 3.87. The van der Waals surface area contributed by atoms with Crippen molar-refractivity contribution in [1.29, 1.82) is 0 Å². The second-order valence-electron chi connectivity index (χ2n) is 7.70. The Bertz CT molecular complexity index is 1020. The summed E-state index contributed by atoms with van der Waals surface area (Å²) in [5.74, 6) is 0.454. The molecule has 0 unspecified atom stereocenters. The van der Waals surface area contributed by atoms with Crippen molar-refractivity contribution in [3.63, 3.8) is 0 Å². The van der Waals surface area contributed by atoms with Gasteiger partial charge in [0, 0.05) is 25.8 Å². The van der Waals surface area contributed by atoms with E-state index in [0.717, 1.165) is 41.8 Å². The van der Waals surface area contributed by atoms with Crippen molar-refractivity contribution in [3.8, 4) is 0 Å². The molecule has 1 aliphatic heterocycles. The molecule has 0 spiro atoms. The predicted octanol–water partition coefficient (Wildman–Crippen LogP) is 1.93. The van der Waals surface area contributed by atoms with E-state index in [1.54, 1.807) is 18.5 Å². The molecule has 0 bridgehead atoms. The van der Waals surface area contributed by atoms with Crippen molar-refractivity contribution in [1.82, 2.24) is 20.3 Å². The number of aryl methyl sites for hydroxylation is 1. The zero-order valence-electron chi connectivity index (χ0n) is 16.4. The number of anilines is 1. The van der Waals surface area contributed by atoms with E-state index in [-0.39, 0.29) is 18.1 Å². The van der Waals surface area contributed by atoms with Crippen LogP contribution >= 0.6 is 0 Å². The van der Waals surface area contributed by atoms with Gasteiger partial charge in [-0.2, -0.15) is 0 Å². The van der Waals surface area contributed by atoms with Gasteiger partial charge in [0.2, 0.25) is 5.91 Å². The lowest BCUT2D eigenvalue weighted by Gasteiger charge is -2.25. The number of carbonyl (C=O) groups is 1. The summed E-state index contributed by atoms with van der Waals surface area (Å²) in [6, 6.07) is 5.95. The SMILES string of the molecule is CCc1c[nH]c2ncnc(N3CC[C@](N)(CNC(=O)Cc4ccc(F)cc4)C3)c12. The van der Waals surface area contributed by atoms with Gasteiger partial charge in [-0.05, 0) is 36.1 Å². The zero-order valence-corrected chi connectivity index (χ0v) is 16.4. The number of nitrogens with two attached hydrogens (primary N) is 1. The maximum Gasteiger partial charge on any atom is 0.224 e. The summed E-state index contributed by atoms with van der Waals surface area (Å²) in [5.41, 5.74) is 8.83. The van der Waals surface area contributed by atoms with Crippen LogP contribution in [0, 0.1) is 5.82 Å². The first-order valence-corrected chi connectivity index (χ1v) is 9.83. The van der Waals surface area contributed by atoms with Crippen LogP contribution in [0.4, 0.5) is 10.2 Å². The molecule has 7 nitrogen and oxygen atoms in total. The van der Waals surface area contributed by atoms with Gasteiger partial charge >= 0.3 is 0 Å². The molecule has 0 aliphatic carbocycles. The number of H-pyrrole nitrogens is 1. The molecule has 1 fully saturated rings. The van der Waals surface area contributed by atoms with Gasteiger partial charge < -0.3 is 20.9 Å². The quantitative estimate of drug-likeness (QED) is 0.591. The highest BCUT2D eigenvalue weighted by molar-refractivity contribution is 5.91. The predicted molar refractivity (Wildman–Crippen MR) is 110 cm³/mol. The summed E-state index contributed by atoms with van der Waals surface area (Å²) < 4.78 is 13.0. The Morgan fingerprint density at radius 2 is 2.14 bits per heavy atom. The lowest BCUT2D eigenvalue weighted by Crippen LogP contribution is -2.52. The Morgan fingerprint density at radius 1 is 1.34 bits per heavy atom. The number of halogens is 1. The van der Waals surface area contributed by atoms with Crippen LogP contribution in [0.1, 0.15) is 24.5 Å². The molecule has 0 saturated carbocycles. The minimum absolute atomic E-state index is 0.122. The summed E-state index contributed by atoms with van der Waals surface area (Å²) in [5, 5.41) is 3.97. The first kappa shape index (κ1) is 19.3. The first-order valence-electron chi connectivity index (χ1n) is 9.83. The van der Waals surface area contributed by atoms with E-state index in [0.29, 0.717) is 13.1 Å². The van der Waals surface area contributed by atoms with Crippen LogP contribution in [0.2, 0.25) is 0 Å². The minimum atomic E-state index is -0.529. The van der Waals surface area contributed by atoms with Crippen molar-refractivity contribution in [2.75, 3.05) is 24.5 Å². The van der Waals surface area contributed by atoms with E-state index in [1.165, 1.54) is 17.7 Å². The third-order valence-corrected chi connectivity index (χ3v) is 5.51. The zero-order chi connectivity index (χ0) is 20.4. The number of aromatic nitrogens is 3. The van der Waals surface area contributed by atoms with Crippen LogP contribution in [-0.2, 0) is 17.6 Å². The van der Waals surface area contributed by atoms with E-state index in [1.807, 2.05) is 6.20 Å². The van der Waals surface area contributed by atoms with Crippen LogP contribution in [0.15, 0.2) is 36.8 Å². The smallest absolute Gasteiger partial charge is 0.224 e. The highest BCUT2D eigenvalue weighted by atomic mass is 19.1. The van der Waals surface area contributed by atoms with Gasteiger partial charge in [-0.25, -0.2) is 14.4 Å². The molecule has 152 valence electrons. The summed E-state index contributed by atoms with van der Waals surface area (Å²) in [4.78, 5) is 26.5. The van der Waals surface area contributed by atoms with Crippen LogP contribution in [-0.4, -0.2) is 46.0 Å². The third-order valence-electron chi connectivity index (χ3n) is 5.51. The van der Waals surface area contributed by atoms with E-state index in [4.69, 9.17) is 5.73 Å². The lowest BCUT2D eigenvalue weighted by atomic mass is 10.00. The Balaban J connectivity index is 1.40. The molecule has 1 atom stereocenters. The number of aromatic amines is 1. The Labute approximate surface area is 168 Å². The Morgan fingerprint density at radius 3 is 2.90 bits per heavy atom. The van der Waals surface area contributed by atoms with E-state index < -0.39 is 5.54 Å². The van der Waals surface area contributed by atoms with E-state index in [9.17, 15) is 9.18 Å². The molecule has 1 amide bonds. The standard InChI is InChI=1S/C21H25FN6O/c1-2-15-10-24-19-18(15)20(27-13-26-19)28-8-7-21(23,12-28)11-25-17(29)9-14-3-5-16(22)6-4-14/h3-6,10,13H,2,7-9,11-12,23H2,1H3,(H,25,29)(H,24,26,27)/t21-/m0/s1. The van der Waals surface area contributed by atoms with Gasteiger partial charge in [-0.3, -0.25) is 4.79 Å². The third kappa shape index (κ3) is 4.07. The van der Waals surface area contributed by atoms with Crippen molar-refractivity contribution >= 4 is 22.8 Å². The largest absolute Gasteiger partial charge is 0.354 e. The van der Waals surface area contributed by atoms with Crippen molar-refractivity contribution < 1.29 is 9.18 Å². The second-order valence-corrected chi connectivity index (χ2v) is 7.70. The summed E-state index contributed by atoms with van der Waals surface area (Å²) >= 11 is 0. The number of nitrogens with one attached hydrogen (secondary N) is 2. The van der Waals surface area contributed by atoms with Gasteiger partial charge in [-0.15, -0.1) is 0 Å². The van der Waals surface area contributed by atoms with Crippen molar-refractivity contribution in [2.24, 2.45) is 5.73 Å². The molecule has 8 heteroatoms. The number of benzene rings is 1. The summed E-state index contributed by atoms with van der Waals surface area (Å²) in [6.45, 7) is 3.85. The fraction of sp³-hybridized carbons (Fsp3) is 0.381. The van der Waals surface area contributed by atoms with Gasteiger partial charge in [0.15, 0.2) is 0 Å².